The van der Waals surface area contributed by atoms with Crippen LogP contribution < -0.4 is 10.6 Å². The van der Waals surface area contributed by atoms with Crippen molar-refractivity contribution in [3.63, 3.8) is 0 Å². The number of carbonyl (C=O) groups excluding carboxylic acids is 1. The highest BCUT2D eigenvalue weighted by molar-refractivity contribution is 6.36. The lowest BCUT2D eigenvalue weighted by Gasteiger charge is -2.09. The predicted molar refractivity (Wildman–Crippen MR) is 101 cm³/mol. The van der Waals surface area contributed by atoms with Gasteiger partial charge >= 0.3 is 0 Å². The zero-order chi connectivity index (χ0) is 16.9. The first kappa shape index (κ1) is 16.4. The molecule has 0 saturated heterocycles. The maximum absolute atomic E-state index is 12.3. The van der Waals surface area contributed by atoms with Gasteiger partial charge in [0.25, 0.3) is 5.91 Å². The lowest BCUT2D eigenvalue weighted by molar-refractivity contribution is 0.102. The molecule has 0 aliphatic carbocycles. The molecule has 3 aromatic carbocycles. The van der Waals surface area contributed by atoms with E-state index in [0.717, 1.165) is 11.4 Å². The molecule has 0 fully saturated rings. The van der Waals surface area contributed by atoms with E-state index in [4.69, 9.17) is 23.2 Å². The van der Waals surface area contributed by atoms with Crippen LogP contribution in [0.2, 0.25) is 10.0 Å². The minimum atomic E-state index is -0.300. The summed E-state index contributed by atoms with van der Waals surface area (Å²) in [4.78, 5) is 12.3. The van der Waals surface area contributed by atoms with E-state index in [0.29, 0.717) is 21.3 Å². The molecule has 0 heterocycles. The first-order valence-electron chi connectivity index (χ1n) is 7.30. The Kier molecular flexibility index (Phi) is 5.04. The number of para-hydroxylation sites is 1. The van der Waals surface area contributed by atoms with Crippen LogP contribution in [0.5, 0.6) is 0 Å². The maximum Gasteiger partial charge on any atom is 0.257 e. The summed E-state index contributed by atoms with van der Waals surface area (Å²) in [5.74, 6) is -0.300. The van der Waals surface area contributed by atoms with Crippen molar-refractivity contribution in [1.29, 1.82) is 0 Å². The third-order valence-corrected chi connectivity index (χ3v) is 3.94. The van der Waals surface area contributed by atoms with E-state index in [-0.39, 0.29) is 5.91 Å². The molecule has 0 unspecified atom stereocenters. The molecular formula is C19H14Cl2N2O. The van der Waals surface area contributed by atoms with Crippen molar-refractivity contribution in [1.82, 2.24) is 0 Å². The van der Waals surface area contributed by atoms with E-state index in [1.807, 2.05) is 54.6 Å². The Labute approximate surface area is 150 Å². The average molecular weight is 357 g/mol. The second-order valence-corrected chi connectivity index (χ2v) is 5.99. The fourth-order valence-electron chi connectivity index (χ4n) is 2.19. The summed E-state index contributed by atoms with van der Waals surface area (Å²) in [7, 11) is 0. The number of carbonyl (C=O) groups is 1. The molecule has 2 N–H and O–H groups in total. The van der Waals surface area contributed by atoms with Crippen LogP contribution in [-0.4, -0.2) is 5.91 Å². The van der Waals surface area contributed by atoms with Gasteiger partial charge in [-0.2, -0.15) is 0 Å². The summed E-state index contributed by atoms with van der Waals surface area (Å²) < 4.78 is 0. The van der Waals surface area contributed by atoms with Crippen molar-refractivity contribution in [3.8, 4) is 0 Å². The van der Waals surface area contributed by atoms with Gasteiger partial charge in [-0.05, 0) is 54.6 Å². The van der Waals surface area contributed by atoms with Crippen LogP contribution in [-0.2, 0) is 0 Å². The Morgan fingerprint density at radius 2 is 1.38 bits per heavy atom. The van der Waals surface area contributed by atoms with Crippen molar-refractivity contribution >= 4 is 46.2 Å². The van der Waals surface area contributed by atoms with Crippen LogP contribution in [0.15, 0.2) is 72.8 Å². The number of hydrogen-bond acceptors (Lipinski definition) is 2. The molecule has 5 heteroatoms. The summed E-state index contributed by atoms with van der Waals surface area (Å²) in [5, 5.41) is 6.91. The largest absolute Gasteiger partial charge is 0.356 e. The molecule has 0 bridgehead atoms. The van der Waals surface area contributed by atoms with Crippen molar-refractivity contribution in [2.45, 2.75) is 0 Å². The van der Waals surface area contributed by atoms with E-state index in [2.05, 4.69) is 10.6 Å². The molecule has 0 aliphatic heterocycles. The van der Waals surface area contributed by atoms with Gasteiger partial charge in [-0.3, -0.25) is 4.79 Å². The summed E-state index contributed by atoms with van der Waals surface area (Å²) in [6, 6.07) is 22.1. The zero-order valence-corrected chi connectivity index (χ0v) is 14.1. The van der Waals surface area contributed by atoms with Gasteiger partial charge < -0.3 is 10.6 Å². The third-order valence-electron chi connectivity index (χ3n) is 3.38. The van der Waals surface area contributed by atoms with Crippen LogP contribution in [0.4, 0.5) is 17.1 Å². The zero-order valence-electron chi connectivity index (χ0n) is 12.6. The van der Waals surface area contributed by atoms with E-state index in [1.165, 1.54) is 0 Å². The Morgan fingerprint density at radius 1 is 0.750 bits per heavy atom. The smallest absolute Gasteiger partial charge is 0.257 e. The SMILES string of the molecule is O=C(Nc1ccc(Nc2ccccc2)cc1)c1cc(Cl)ccc1Cl. The number of anilines is 3. The average Bonchev–Trinajstić information content (AvgIpc) is 2.59. The number of benzene rings is 3. The van der Waals surface area contributed by atoms with Gasteiger partial charge in [0.2, 0.25) is 0 Å². The van der Waals surface area contributed by atoms with Crippen LogP contribution in [0.3, 0.4) is 0 Å². The molecule has 3 aromatic rings. The molecule has 3 nitrogen and oxygen atoms in total. The highest BCUT2D eigenvalue weighted by Gasteiger charge is 2.11. The summed E-state index contributed by atoms with van der Waals surface area (Å²) in [6.45, 7) is 0. The van der Waals surface area contributed by atoms with Gasteiger partial charge in [0.05, 0.1) is 10.6 Å². The van der Waals surface area contributed by atoms with Crippen molar-refractivity contribution < 1.29 is 4.79 Å². The van der Waals surface area contributed by atoms with E-state index < -0.39 is 0 Å². The first-order valence-corrected chi connectivity index (χ1v) is 8.06. The Hall–Kier alpha value is -2.49. The summed E-state index contributed by atoms with van der Waals surface area (Å²) in [5.41, 5.74) is 2.95. The first-order chi connectivity index (χ1) is 11.6. The molecule has 24 heavy (non-hydrogen) atoms. The van der Waals surface area contributed by atoms with Gasteiger partial charge in [0.1, 0.15) is 0 Å². The molecule has 0 aromatic heterocycles. The predicted octanol–water partition coefficient (Wildman–Crippen LogP) is 5.99. The molecule has 0 aliphatic rings. The van der Waals surface area contributed by atoms with Gasteiger partial charge in [0.15, 0.2) is 0 Å². The number of halogens is 2. The topological polar surface area (TPSA) is 41.1 Å². The van der Waals surface area contributed by atoms with Crippen LogP contribution in [0.25, 0.3) is 0 Å². The van der Waals surface area contributed by atoms with Crippen LogP contribution in [0, 0.1) is 0 Å². The van der Waals surface area contributed by atoms with Gasteiger partial charge in [-0.15, -0.1) is 0 Å². The summed E-state index contributed by atoms with van der Waals surface area (Å²) in [6.07, 6.45) is 0. The molecular weight excluding hydrogens is 343 g/mol. The molecule has 1 amide bonds. The van der Waals surface area contributed by atoms with Crippen molar-refractivity contribution in [2.75, 3.05) is 10.6 Å². The van der Waals surface area contributed by atoms with E-state index in [9.17, 15) is 4.79 Å². The second-order valence-electron chi connectivity index (χ2n) is 5.15. The standard InChI is InChI=1S/C19H14Cl2N2O/c20-13-6-11-18(21)17(12-13)19(24)23-16-9-7-15(8-10-16)22-14-4-2-1-3-5-14/h1-12,22H,(H,23,24). The number of hydrogen-bond donors (Lipinski definition) is 2. The van der Waals surface area contributed by atoms with E-state index >= 15 is 0 Å². The molecule has 0 radical (unpaired) electrons. The van der Waals surface area contributed by atoms with Crippen molar-refractivity contribution in [3.05, 3.63) is 88.4 Å². The number of amides is 1. The lowest BCUT2D eigenvalue weighted by Crippen LogP contribution is -2.12. The minimum Gasteiger partial charge on any atom is -0.356 e. The van der Waals surface area contributed by atoms with Crippen molar-refractivity contribution in [2.24, 2.45) is 0 Å². The number of rotatable bonds is 4. The van der Waals surface area contributed by atoms with Crippen LogP contribution >= 0.6 is 23.2 Å². The summed E-state index contributed by atoms with van der Waals surface area (Å²) >= 11 is 12.0. The second kappa shape index (κ2) is 7.39. The molecule has 0 atom stereocenters. The van der Waals surface area contributed by atoms with Crippen LogP contribution in [0.1, 0.15) is 10.4 Å². The Morgan fingerprint density at radius 3 is 2.08 bits per heavy atom. The Balaban J connectivity index is 1.70. The highest BCUT2D eigenvalue weighted by atomic mass is 35.5. The van der Waals surface area contributed by atoms with Gasteiger partial charge in [0, 0.05) is 22.1 Å². The monoisotopic (exact) mass is 356 g/mol. The van der Waals surface area contributed by atoms with E-state index in [1.54, 1.807) is 18.2 Å². The van der Waals surface area contributed by atoms with Gasteiger partial charge in [-0.1, -0.05) is 41.4 Å². The minimum absolute atomic E-state index is 0.300. The fourth-order valence-corrected chi connectivity index (χ4v) is 2.57. The molecule has 0 spiro atoms. The maximum atomic E-state index is 12.3. The third kappa shape index (κ3) is 4.07. The highest BCUT2D eigenvalue weighted by Crippen LogP contribution is 2.23. The quantitative estimate of drug-likeness (QED) is 0.602. The number of nitrogens with one attached hydrogen (secondary N) is 2. The Bertz CT molecular complexity index is 849. The normalized spacial score (nSPS) is 10.2. The molecule has 3 rings (SSSR count). The molecule has 120 valence electrons. The fraction of sp³-hybridized carbons (Fsp3) is 0. The molecule has 0 saturated carbocycles. The van der Waals surface area contributed by atoms with Gasteiger partial charge in [-0.25, -0.2) is 0 Å². The lowest BCUT2D eigenvalue weighted by atomic mass is 10.2.